The summed E-state index contributed by atoms with van der Waals surface area (Å²) in [6.45, 7) is 3.96. The predicted octanol–water partition coefficient (Wildman–Crippen LogP) is 3.33. The van der Waals surface area contributed by atoms with Crippen LogP contribution in [0.15, 0.2) is 36.4 Å². The lowest BCUT2D eigenvalue weighted by molar-refractivity contribution is -0.119. The molecule has 4 rings (SSSR count). The van der Waals surface area contributed by atoms with Gasteiger partial charge in [-0.05, 0) is 50.1 Å². The second kappa shape index (κ2) is 6.86. The molecule has 0 aromatic heterocycles. The number of carbonyl (C=O) groups excluding carboxylic acids is 2. The minimum atomic E-state index is -0.262. The molecule has 146 valence electrons. The zero-order valence-electron chi connectivity index (χ0n) is 16.4. The maximum Gasteiger partial charge on any atom is 0.262 e. The molecule has 2 aromatic rings. The van der Waals surface area contributed by atoms with Crippen molar-refractivity contribution >= 4 is 23.2 Å². The van der Waals surface area contributed by atoms with Crippen molar-refractivity contribution in [1.82, 2.24) is 0 Å². The number of aryl methyl sites for hydroxylation is 1. The maximum absolute atomic E-state index is 12.4. The zero-order chi connectivity index (χ0) is 19.9. The van der Waals surface area contributed by atoms with Gasteiger partial charge in [-0.25, -0.2) is 0 Å². The van der Waals surface area contributed by atoms with Crippen LogP contribution < -0.4 is 19.7 Å². The second-order valence-corrected chi connectivity index (χ2v) is 7.92. The number of fused-ring (bicyclic) bond motifs is 2. The largest absolute Gasteiger partial charge is 0.483 e. The molecule has 28 heavy (non-hydrogen) atoms. The van der Waals surface area contributed by atoms with E-state index in [9.17, 15) is 9.59 Å². The van der Waals surface area contributed by atoms with Crippen LogP contribution in [0.2, 0.25) is 0 Å². The van der Waals surface area contributed by atoms with Crippen LogP contribution in [0.4, 0.5) is 11.4 Å². The van der Waals surface area contributed by atoms with Crippen molar-refractivity contribution in [2.45, 2.75) is 38.7 Å². The zero-order valence-corrected chi connectivity index (χ0v) is 16.4. The van der Waals surface area contributed by atoms with Gasteiger partial charge in [0, 0.05) is 36.8 Å². The van der Waals surface area contributed by atoms with Crippen LogP contribution in [0, 0.1) is 0 Å². The molecule has 0 saturated heterocycles. The molecule has 0 fully saturated rings. The molecule has 0 radical (unpaired) electrons. The summed E-state index contributed by atoms with van der Waals surface area (Å²) in [7, 11) is 1.77. The molecular weight excluding hydrogens is 356 g/mol. The fourth-order valence-electron chi connectivity index (χ4n) is 3.78. The number of anilines is 2. The van der Waals surface area contributed by atoms with E-state index in [2.05, 4.69) is 5.32 Å². The number of para-hydroxylation sites is 1. The minimum absolute atomic E-state index is 0.101. The third-order valence-electron chi connectivity index (χ3n) is 5.12. The molecule has 0 saturated carbocycles. The monoisotopic (exact) mass is 380 g/mol. The van der Waals surface area contributed by atoms with Crippen LogP contribution in [0.25, 0.3) is 0 Å². The molecule has 0 atom stereocenters. The summed E-state index contributed by atoms with van der Waals surface area (Å²) in [5, 5.41) is 2.86. The lowest BCUT2D eigenvalue weighted by Crippen LogP contribution is -2.31. The number of hydrogen-bond donors (Lipinski definition) is 1. The lowest BCUT2D eigenvalue weighted by atomic mass is 10.0. The minimum Gasteiger partial charge on any atom is -0.483 e. The molecule has 2 aliphatic rings. The van der Waals surface area contributed by atoms with E-state index in [-0.39, 0.29) is 24.0 Å². The van der Waals surface area contributed by atoms with E-state index >= 15 is 0 Å². The highest BCUT2D eigenvalue weighted by Gasteiger charge is 2.32. The predicted molar refractivity (Wildman–Crippen MR) is 107 cm³/mol. The molecular formula is C22H24N2O4. The van der Waals surface area contributed by atoms with Crippen LogP contribution in [0.3, 0.4) is 0 Å². The Kier molecular flexibility index (Phi) is 4.49. The number of nitrogens with zero attached hydrogens (tertiary/aromatic N) is 1. The van der Waals surface area contributed by atoms with Gasteiger partial charge in [-0.3, -0.25) is 9.59 Å². The summed E-state index contributed by atoms with van der Waals surface area (Å²) >= 11 is 0. The van der Waals surface area contributed by atoms with E-state index in [0.717, 1.165) is 29.0 Å². The van der Waals surface area contributed by atoms with Gasteiger partial charge in [0.05, 0.1) is 0 Å². The number of benzene rings is 2. The third-order valence-corrected chi connectivity index (χ3v) is 5.12. The number of carbonyl (C=O) groups is 2. The van der Waals surface area contributed by atoms with Crippen LogP contribution in [0.5, 0.6) is 11.5 Å². The van der Waals surface area contributed by atoms with Crippen molar-refractivity contribution in [3.05, 3.63) is 47.5 Å². The van der Waals surface area contributed by atoms with Gasteiger partial charge in [0.2, 0.25) is 5.91 Å². The van der Waals surface area contributed by atoms with E-state index < -0.39 is 0 Å². The Morgan fingerprint density at radius 3 is 2.86 bits per heavy atom. The van der Waals surface area contributed by atoms with E-state index in [1.807, 2.05) is 44.2 Å². The third kappa shape index (κ3) is 3.54. The van der Waals surface area contributed by atoms with Gasteiger partial charge in [-0.2, -0.15) is 0 Å². The van der Waals surface area contributed by atoms with Crippen LogP contribution in [-0.2, 0) is 22.4 Å². The quantitative estimate of drug-likeness (QED) is 0.884. The van der Waals surface area contributed by atoms with Crippen molar-refractivity contribution in [1.29, 1.82) is 0 Å². The molecule has 0 spiro atoms. The average molecular weight is 380 g/mol. The molecule has 6 nitrogen and oxygen atoms in total. The van der Waals surface area contributed by atoms with E-state index in [1.54, 1.807) is 18.0 Å². The normalized spacial score (nSPS) is 16.8. The molecule has 0 aliphatic carbocycles. The molecule has 2 aliphatic heterocycles. The summed E-state index contributed by atoms with van der Waals surface area (Å²) in [6, 6.07) is 11.3. The van der Waals surface area contributed by atoms with Crippen molar-refractivity contribution in [3.63, 3.8) is 0 Å². The Labute approximate surface area is 164 Å². The first-order chi connectivity index (χ1) is 13.3. The van der Waals surface area contributed by atoms with Crippen molar-refractivity contribution in [2.24, 2.45) is 0 Å². The molecule has 2 aromatic carbocycles. The fourth-order valence-corrected chi connectivity index (χ4v) is 3.78. The number of nitrogens with one attached hydrogen (secondary N) is 1. The topological polar surface area (TPSA) is 67.9 Å². The van der Waals surface area contributed by atoms with Gasteiger partial charge in [-0.15, -0.1) is 0 Å². The average Bonchev–Trinajstić information content (AvgIpc) is 2.97. The van der Waals surface area contributed by atoms with Crippen LogP contribution in [-0.4, -0.2) is 31.1 Å². The van der Waals surface area contributed by atoms with Gasteiger partial charge < -0.3 is 19.7 Å². The smallest absolute Gasteiger partial charge is 0.262 e. The molecule has 2 amide bonds. The van der Waals surface area contributed by atoms with Gasteiger partial charge in [0.1, 0.15) is 5.60 Å². The number of rotatable bonds is 4. The summed E-state index contributed by atoms with van der Waals surface area (Å²) in [4.78, 5) is 25.8. The summed E-state index contributed by atoms with van der Waals surface area (Å²) < 4.78 is 11.7. The first kappa shape index (κ1) is 18.3. The van der Waals surface area contributed by atoms with Gasteiger partial charge >= 0.3 is 0 Å². The summed E-state index contributed by atoms with van der Waals surface area (Å²) in [5.41, 5.74) is 3.48. The van der Waals surface area contributed by atoms with Crippen molar-refractivity contribution < 1.29 is 19.1 Å². The lowest BCUT2D eigenvalue weighted by Gasteiger charge is -2.26. The van der Waals surface area contributed by atoms with E-state index in [4.69, 9.17) is 9.47 Å². The maximum atomic E-state index is 12.4. The highest BCUT2D eigenvalue weighted by Crippen LogP contribution is 2.41. The first-order valence-corrected chi connectivity index (χ1v) is 9.45. The molecule has 2 heterocycles. The number of amides is 2. The first-order valence-electron chi connectivity index (χ1n) is 9.45. The SMILES string of the molecule is CN1C(=O)CCc2cc(NC(=O)COc3cccc4c3OC(C)(C)C4)ccc21. The van der Waals surface area contributed by atoms with E-state index in [1.165, 1.54) is 0 Å². The molecule has 0 bridgehead atoms. The van der Waals surface area contributed by atoms with Crippen molar-refractivity contribution in [2.75, 3.05) is 23.9 Å². The van der Waals surface area contributed by atoms with Crippen molar-refractivity contribution in [3.8, 4) is 11.5 Å². The second-order valence-electron chi connectivity index (χ2n) is 7.92. The highest BCUT2D eigenvalue weighted by molar-refractivity contribution is 5.97. The Hall–Kier alpha value is -3.02. The van der Waals surface area contributed by atoms with Crippen LogP contribution in [0.1, 0.15) is 31.4 Å². The summed E-state index contributed by atoms with van der Waals surface area (Å²) in [6.07, 6.45) is 1.99. The Balaban J connectivity index is 1.40. The molecule has 1 N–H and O–H groups in total. The Morgan fingerprint density at radius 2 is 2.04 bits per heavy atom. The van der Waals surface area contributed by atoms with Gasteiger partial charge in [0.15, 0.2) is 18.1 Å². The highest BCUT2D eigenvalue weighted by atomic mass is 16.5. The molecule has 6 heteroatoms. The Bertz CT molecular complexity index is 952. The van der Waals surface area contributed by atoms with Gasteiger partial charge in [0.25, 0.3) is 5.91 Å². The fraction of sp³-hybridized carbons (Fsp3) is 0.364. The van der Waals surface area contributed by atoms with E-state index in [0.29, 0.717) is 24.3 Å². The molecule has 0 unspecified atom stereocenters. The van der Waals surface area contributed by atoms with Crippen LogP contribution >= 0.6 is 0 Å². The number of hydrogen-bond acceptors (Lipinski definition) is 4. The Morgan fingerprint density at radius 1 is 1.21 bits per heavy atom. The summed E-state index contributed by atoms with van der Waals surface area (Å²) in [5.74, 6) is 1.18. The standard InChI is InChI=1S/C22H24N2O4/c1-22(2)12-15-5-4-6-18(21(15)28-22)27-13-19(25)23-16-8-9-17-14(11-16)7-10-20(26)24(17)3/h4-6,8-9,11H,7,10,12-13H2,1-3H3,(H,23,25). The number of ether oxygens (including phenoxy) is 2. The van der Waals surface area contributed by atoms with Gasteiger partial charge in [-0.1, -0.05) is 12.1 Å².